The van der Waals surface area contributed by atoms with E-state index >= 15 is 0 Å². The summed E-state index contributed by atoms with van der Waals surface area (Å²) in [6.07, 6.45) is 0.846. The van der Waals surface area contributed by atoms with E-state index < -0.39 is 0 Å². The van der Waals surface area contributed by atoms with E-state index in [1.54, 1.807) is 10.9 Å². The van der Waals surface area contributed by atoms with Gasteiger partial charge >= 0.3 is 0 Å². The second-order valence-corrected chi connectivity index (χ2v) is 4.48. The fourth-order valence-electron chi connectivity index (χ4n) is 1.78. The molecule has 0 radical (unpaired) electrons. The molecule has 1 aromatic heterocycles. The molecule has 1 amide bonds. The van der Waals surface area contributed by atoms with Crippen molar-refractivity contribution in [1.82, 2.24) is 10.3 Å². The maximum Gasteiger partial charge on any atom is 0.271 e. The molecule has 0 aromatic carbocycles. The molecular weight excluding hydrogens is 226 g/mol. The zero-order chi connectivity index (χ0) is 11.5. The van der Waals surface area contributed by atoms with Gasteiger partial charge in [-0.25, -0.2) is 4.98 Å². The number of thiazole rings is 1. The molecule has 0 spiro atoms. The van der Waals surface area contributed by atoms with Crippen molar-refractivity contribution in [3.05, 3.63) is 16.6 Å². The number of amides is 1. The lowest BCUT2D eigenvalue weighted by molar-refractivity contribution is -0.0300. The van der Waals surface area contributed by atoms with E-state index in [2.05, 4.69) is 10.3 Å². The van der Waals surface area contributed by atoms with E-state index in [4.69, 9.17) is 10.5 Å². The average Bonchev–Trinajstić information content (AvgIpc) is 2.79. The molecule has 0 saturated heterocycles. The number of carbonyl (C=O) groups is 1. The standard InChI is InChI=1S/C10H15N3O2S/c1-2-15-8-3-6(11)9(8)13-10(14)7-4-16-5-12-7/h4-6,8-9H,2-3,11H2,1H3,(H,13,14). The number of ether oxygens (including phenoxy) is 1. The maximum atomic E-state index is 11.7. The summed E-state index contributed by atoms with van der Waals surface area (Å²) in [5.74, 6) is -0.175. The highest BCUT2D eigenvalue weighted by Gasteiger charge is 2.40. The molecule has 0 aliphatic heterocycles. The molecule has 88 valence electrons. The normalized spacial score (nSPS) is 28.5. The molecule has 1 fully saturated rings. The molecule has 3 N–H and O–H groups in total. The molecule has 3 atom stereocenters. The minimum atomic E-state index is -0.175. The number of hydrogen-bond donors (Lipinski definition) is 2. The van der Waals surface area contributed by atoms with Gasteiger partial charge in [-0.2, -0.15) is 0 Å². The van der Waals surface area contributed by atoms with Gasteiger partial charge in [-0.3, -0.25) is 4.79 Å². The second-order valence-electron chi connectivity index (χ2n) is 3.77. The SMILES string of the molecule is CCOC1CC(N)C1NC(=O)c1cscn1. The number of hydrogen-bond acceptors (Lipinski definition) is 5. The first-order valence-corrected chi connectivity index (χ1v) is 6.23. The Morgan fingerprint density at radius 2 is 2.62 bits per heavy atom. The lowest BCUT2D eigenvalue weighted by atomic mass is 9.83. The lowest BCUT2D eigenvalue weighted by Gasteiger charge is -2.42. The van der Waals surface area contributed by atoms with Crippen LogP contribution in [0, 0.1) is 0 Å². The third kappa shape index (κ3) is 2.23. The topological polar surface area (TPSA) is 77.2 Å². The van der Waals surface area contributed by atoms with Gasteiger partial charge in [0.05, 0.1) is 17.7 Å². The van der Waals surface area contributed by atoms with Crippen LogP contribution in [-0.2, 0) is 4.74 Å². The molecule has 1 saturated carbocycles. The van der Waals surface area contributed by atoms with Crippen molar-refractivity contribution in [2.45, 2.75) is 31.5 Å². The van der Waals surface area contributed by atoms with Crippen LogP contribution in [0.4, 0.5) is 0 Å². The lowest BCUT2D eigenvalue weighted by Crippen LogP contribution is -2.64. The minimum absolute atomic E-state index is 0.0147. The Morgan fingerprint density at radius 3 is 3.19 bits per heavy atom. The van der Waals surface area contributed by atoms with E-state index in [-0.39, 0.29) is 24.1 Å². The van der Waals surface area contributed by atoms with Crippen molar-refractivity contribution in [1.29, 1.82) is 0 Å². The fraction of sp³-hybridized carbons (Fsp3) is 0.600. The molecule has 2 rings (SSSR count). The number of carbonyl (C=O) groups excluding carboxylic acids is 1. The highest BCUT2D eigenvalue weighted by Crippen LogP contribution is 2.22. The van der Waals surface area contributed by atoms with Gasteiger partial charge < -0.3 is 15.8 Å². The van der Waals surface area contributed by atoms with Gasteiger partial charge in [-0.15, -0.1) is 11.3 Å². The van der Waals surface area contributed by atoms with E-state index in [1.165, 1.54) is 11.3 Å². The van der Waals surface area contributed by atoms with Gasteiger partial charge in [-0.05, 0) is 13.3 Å². The first-order valence-electron chi connectivity index (χ1n) is 5.28. The summed E-state index contributed by atoms with van der Waals surface area (Å²) in [6, 6.07) is -0.103. The van der Waals surface area contributed by atoms with Crippen LogP contribution in [0.25, 0.3) is 0 Å². The average molecular weight is 241 g/mol. The minimum Gasteiger partial charge on any atom is -0.376 e. The van der Waals surface area contributed by atoms with Crippen LogP contribution in [0.5, 0.6) is 0 Å². The molecule has 1 aliphatic rings. The third-order valence-electron chi connectivity index (χ3n) is 2.71. The Morgan fingerprint density at radius 1 is 1.81 bits per heavy atom. The van der Waals surface area contributed by atoms with Crippen molar-refractivity contribution in [3.8, 4) is 0 Å². The van der Waals surface area contributed by atoms with Gasteiger partial charge in [0, 0.05) is 18.0 Å². The van der Waals surface area contributed by atoms with Crippen LogP contribution in [0.2, 0.25) is 0 Å². The Balaban J connectivity index is 1.91. The van der Waals surface area contributed by atoms with Gasteiger partial charge in [0.1, 0.15) is 5.69 Å². The summed E-state index contributed by atoms with van der Waals surface area (Å²) in [4.78, 5) is 15.7. The van der Waals surface area contributed by atoms with Crippen LogP contribution in [0.15, 0.2) is 10.9 Å². The first kappa shape index (κ1) is 11.5. The predicted octanol–water partition coefficient (Wildman–Crippen LogP) is 0.378. The number of nitrogens with two attached hydrogens (primary N) is 1. The summed E-state index contributed by atoms with van der Waals surface area (Å²) < 4.78 is 5.47. The third-order valence-corrected chi connectivity index (χ3v) is 3.30. The monoisotopic (exact) mass is 241 g/mol. The summed E-state index contributed by atoms with van der Waals surface area (Å²) in [5.41, 5.74) is 7.91. The smallest absolute Gasteiger partial charge is 0.271 e. The quantitative estimate of drug-likeness (QED) is 0.799. The van der Waals surface area contributed by atoms with E-state index in [0.29, 0.717) is 12.3 Å². The number of rotatable bonds is 4. The van der Waals surface area contributed by atoms with Crippen LogP contribution in [0.3, 0.4) is 0 Å². The van der Waals surface area contributed by atoms with Gasteiger partial charge in [0.25, 0.3) is 5.91 Å². The highest BCUT2D eigenvalue weighted by atomic mass is 32.1. The van der Waals surface area contributed by atoms with Crippen LogP contribution >= 0.6 is 11.3 Å². The van der Waals surface area contributed by atoms with Crippen LogP contribution < -0.4 is 11.1 Å². The summed E-state index contributed by atoms with van der Waals surface area (Å²) in [5, 5.41) is 4.58. The largest absolute Gasteiger partial charge is 0.376 e. The van der Waals surface area contributed by atoms with Crippen LogP contribution in [0.1, 0.15) is 23.8 Å². The van der Waals surface area contributed by atoms with Gasteiger partial charge in [-0.1, -0.05) is 0 Å². The predicted molar refractivity (Wildman–Crippen MR) is 61.4 cm³/mol. The number of nitrogens with one attached hydrogen (secondary N) is 1. The Kier molecular flexibility index (Phi) is 3.52. The summed E-state index contributed by atoms with van der Waals surface area (Å²) >= 11 is 1.40. The summed E-state index contributed by atoms with van der Waals surface area (Å²) in [7, 11) is 0. The zero-order valence-corrected chi connectivity index (χ0v) is 9.87. The summed E-state index contributed by atoms with van der Waals surface area (Å²) in [6.45, 7) is 2.57. The Bertz CT molecular complexity index is 353. The highest BCUT2D eigenvalue weighted by molar-refractivity contribution is 7.07. The number of aromatic nitrogens is 1. The van der Waals surface area contributed by atoms with Gasteiger partial charge in [0.2, 0.25) is 0 Å². The van der Waals surface area contributed by atoms with E-state index in [1.807, 2.05) is 6.92 Å². The van der Waals surface area contributed by atoms with E-state index in [0.717, 1.165) is 6.42 Å². The molecular formula is C10H15N3O2S. The molecule has 1 heterocycles. The number of nitrogens with zero attached hydrogens (tertiary/aromatic N) is 1. The fourth-order valence-corrected chi connectivity index (χ4v) is 2.31. The Labute approximate surface area is 98.0 Å². The van der Waals surface area contributed by atoms with Crippen molar-refractivity contribution in [2.24, 2.45) is 5.73 Å². The van der Waals surface area contributed by atoms with Crippen molar-refractivity contribution in [2.75, 3.05) is 6.61 Å². The molecule has 1 aliphatic carbocycles. The molecule has 5 nitrogen and oxygen atoms in total. The maximum absolute atomic E-state index is 11.7. The second kappa shape index (κ2) is 4.90. The molecule has 16 heavy (non-hydrogen) atoms. The zero-order valence-electron chi connectivity index (χ0n) is 9.05. The molecule has 1 aromatic rings. The van der Waals surface area contributed by atoms with Crippen LogP contribution in [-0.4, -0.2) is 35.7 Å². The molecule has 6 heteroatoms. The first-order chi connectivity index (χ1) is 7.72. The van der Waals surface area contributed by atoms with Crippen molar-refractivity contribution in [3.63, 3.8) is 0 Å². The Hall–Kier alpha value is -0.980. The molecule has 0 bridgehead atoms. The van der Waals surface area contributed by atoms with E-state index in [9.17, 15) is 4.79 Å². The molecule has 3 unspecified atom stereocenters. The van der Waals surface area contributed by atoms with Crippen molar-refractivity contribution >= 4 is 17.2 Å². The van der Waals surface area contributed by atoms with Crippen molar-refractivity contribution < 1.29 is 9.53 Å². The van der Waals surface area contributed by atoms with Gasteiger partial charge in [0.15, 0.2) is 0 Å².